The monoisotopic (exact) mass is 285 g/mol. The van der Waals surface area contributed by atoms with Crippen LogP contribution in [0.1, 0.15) is 26.7 Å². The molecule has 1 fully saturated rings. The minimum absolute atomic E-state index is 0. The van der Waals surface area contributed by atoms with Gasteiger partial charge in [0.05, 0.1) is 0 Å². The standard InChI is InChI=1S/C10H23N3O2S.ClH/c1-3-12(4-2)16(14,15)13-7-5-10(9-11)6-8-13;/h10H,3-9,11H2,1-2H3;1H. The molecule has 0 aromatic rings. The molecule has 17 heavy (non-hydrogen) atoms. The number of nitrogens with two attached hydrogens (primary N) is 1. The highest BCUT2D eigenvalue weighted by Gasteiger charge is 2.30. The van der Waals surface area contributed by atoms with Crippen molar-refractivity contribution in [2.45, 2.75) is 26.7 Å². The van der Waals surface area contributed by atoms with Crippen LogP contribution in [-0.4, -0.2) is 49.8 Å². The summed E-state index contributed by atoms with van der Waals surface area (Å²) in [7, 11) is -3.23. The number of hydrogen-bond acceptors (Lipinski definition) is 3. The van der Waals surface area contributed by atoms with Crippen molar-refractivity contribution >= 4 is 22.6 Å². The molecule has 0 saturated carbocycles. The van der Waals surface area contributed by atoms with Crippen molar-refractivity contribution in [2.75, 3.05) is 32.7 Å². The van der Waals surface area contributed by atoms with Gasteiger partial charge in [-0.25, -0.2) is 0 Å². The van der Waals surface area contributed by atoms with E-state index < -0.39 is 10.2 Å². The highest BCUT2D eigenvalue weighted by atomic mass is 35.5. The SMILES string of the molecule is CCN(CC)S(=O)(=O)N1CCC(CN)CC1.Cl. The lowest BCUT2D eigenvalue weighted by atomic mass is 9.99. The van der Waals surface area contributed by atoms with Gasteiger partial charge in [-0.1, -0.05) is 13.8 Å². The molecule has 0 atom stereocenters. The van der Waals surface area contributed by atoms with Crippen LogP contribution < -0.4 is 5.73 Å². The zero-order valence-electron chi connectivity index (χ0n) is 10.6. The topological polar surface area (TPSA) is 66.6 Å². The fourth-order valence-corrected chi connectivity index (χ4v) is 3.74. The van der Waals surface area contributed by atoms with E-state index in [0.29, 0.717) is 38.6 Å². The van der Waals surface area contributed by atoms with Crippen molar-refractivity contribution in [2.24, 2.45) is 11.7 Å². The molecule has 0 aliphatic carbocycles. The third kappa shape index (κ3) is 4.06. The molecule has 0 amide bonds. The summed E-state index contributed by atoms with van der Waals surface area (Å²) in [6.07, 6.45) is 1.77. The summed E-state index contributed by atoms with van der Waals surface area (Å²) in [4.78, 5) is 0. The van der Waals surface area contributed by atoms with Gasteiger partial charge >= 0.3 is 0 Å². The summed E-state index contributed by atoms with van der Waals surface area (Å²) >= 11 is 0. The second-order valence-corrected chi connectivity index (χ2v) is 6.10. The predicted octanol–water partition coefficient (Wildman–Crippen LogP) is 0.666. The maximum absolute atomic E-state index is 12.2. The highest BCUT2D eigenvalue weighted by molar-refractivity contribution is 7.86. The van der Waals surface area contributed by atoms with Crippen LogP contribution in [0.25, 0.3) is 0 Å². The molecule has 1 aliphatic rings. The lowest BCUT2D eigenvalue weighted by molar-refractivity contribution is 0.260. The van der Waals surface area contributed by atoms with Gasteiger partial charge in [0.25, 0.3) is 10.2 Å². The second kappa shape index (κ2) is 7.53. The number of rotatable bonds is 5. The first-order valence-electron chi connectivity index (χ1n) is 6.01. The first kappa shape index (κ1) is 17.1. The fourth-order valence-electron chi connectivity index (χ4n) is 2.09. The molecule has 104 valence electrons. The molecule has 0 aromatic carbocycles. The van der Waals surface area contributed by atoms with Crippen molar-refractivity contribution in [3.63, 3.8) is 0 Å². The Hall–Kier alpha value is 0.120. The molecule has 0 aromatic heterocycles. The first-order chi connectivity index (χ1) is 7.56. The minimum Gasteiger partial charge on any atom is -0.330 e. The highest BCUT2D eigenvalue weighted by Crippen LogP contribution is 2.20. The molecular formula is C10H24ClN3O2S. The lowest BCUT2D eigenvalue weighted by Gasteiger charge is -2.33. The molecule has 1 rings (SSSR count). The van der Waals surface area contributed by atoms with E-state index in [9.17, 15) is 8.42 Å². The molecule has 0 unspecified atom stereocenters. The summed E-state index contributed by atoms with van der Waals surface area (Å²) in [6, 6.07) is 0. The smallest absolute Gasteiger partial charge is 0.281 e. The van der Waals surface area contributed by atoms with Crippen molar-refractivity contribution < 1.29 is 8.42 Å². The van der Waals surface area contributed by atoms with Gasteiger partial charge in [-0.3, -0.25) is 0 Å². The number of hydrogen-bond donors (Lipinski definition) is 1. The Morgan fingerprint density at radius 2 is 1.71 bits per heavy atom. The van der Waals surface area contributed by atoms with Gasteiger partial charge in [0.15, 0.2) is 0 Å². The van der Waals surface area contributed by atoms with E-state index in [2.05, 4.69) is 0 Å². The number of nitrogens with zero attached hydrogens (tertiary/aromatic N) is 2. The third-order valence-corrected chi connectivity index (χ3v) is 5.45. The van der Waals surface area contributed by atoms with Crippen LogP contribution in [0.5, 0.6) is 0 Å². The van der Waals surface area contributed by atoms with E-state index in [1.165, 1.54) is 4.31 Å². The lowest BCUT2D eigenvalue weighted by Crippen LogP contribution is -2.47. The van der Waals surface area contributed by atoms with Crippen LogP contribution in [0.2, 0.25) is 0 Å². The van der Waals surface area contributed by atoms with Gasteiger partial charge in [0.2, 0.25) is 0 Å². The quantitative estimate of drug-likeness (QED) is 0.807. The molecule has 1 aliphatic heterocycles. The van der Waals surface area contributed by atoms with E-state index in [4.69, 9.17) is 5.73 Å². The van der Waals surface area contributed by atoms with E-state index >= 15 is 0 Å². The van der Waals surface area contributed by atoms with E-state index in [-0.39, 0.29) is 12.4 Å². The van der Waals surface area contributed by atoms with E-state index in [1.54, 1.807) is 4.31 Å². The summed E-state index contributed by atoms with van der Waals surface area (Å²) in [5.74, 6) is 0.489. The predicted molar refractivity (Wildman–Crippen MR) is 72.4 cm³/mol. The van der Waals surface area contributed by atoms with Gasteiger partial charge in [-0.2, -0.15) is 17.0 Å². The third-order valence-electron chi connectivity index (χ3n) is 3.26. The second-order valence-electron chi connectivity index (χ2n) is 4.17. The normalized spacial score (nSPS) is 19.3. The van der Waals surface area contributed by atoms with Crippen molar-refractivity contribution in [3.8, 4) is 0 Å². The van der Waals surface area contributed by atoms with Crippen LogP contribution >= 0.6 is 12.4 Å². The van der Waals surface area contributed by atoms with Crippen molar-refractivity contribution in [3.05, 3.63) is 0 Å². The Morgan fingerprint density at radius 1 is 1.24 bits per heavy atom. The van der Waals surface area contributed by atoms with Gasteiger partial charge in [-0.15, -0.1) is 12.4 Å². The number of halogens is 1. The van der Waals surface area contributed by atoms with Crippen molar-refractivity contribution in [1.82, 2.24) is 8.61 Å². The minimum atomic E-state index is -3.23. The molecule has 7 heteroatoms. The van der Waals surface area contributed by atoms with E-state index in [1.807, 2.05) is 13.8 Å². The molecule has 1 heterocycles. The maximum atomic E-state index is 12.2. The average Bonchev–Trinajstić information content (AvgIpc) is 2.30. The van der Waals surface area contributed by atoms with Crippen LogP contribution in [0.15, 0.2) is 0 Å². The van der Waals surface area contributed by atoms with Crippen LogP contribution in [0, 0.1) is 5.92 Å². The maximum Gasteiger partial charge on any atom is 0.281 e. The number of piperidine rings is 1. The largest absolute Gasteiger partial charge is 0.330 e. The molecule has 1 saturated heterocycles. The molecular weight excluding hydrogens is 262 g/mol. The van der Waals surface area contributed by atoms with Gasteiger partial charge in [0.1, 0.15) is 0 Å². The van der Waals surface area contributed by atoms with Crippen LogP contribution in [0.4, 0.5) is 0 Å². The molecule has 5 nitrogen and oxygen atoms in total. The summed E-state index contributed by atoms with van der Waals surface area (Å²) in [6.45, 7) is 6.70. The van der Waals surface area contributed by atoms with Gasteiger partial charge < -0.3 is 5.73 Å². The zero-order chi connectivity index (χ0) is 12.2. The first-order valence-corrected chi connectivity index (χ1v) is 7.41. The Kier molecular flexibility index (Phi) is 7.58. The van der Waals surface area contributed by atoms with Gasteiger partial charge in [-0.05, 0) is 25.3 Å². The Morgan fingerprint density at radius 3 is 2.06 bits per heavy atom. The Balaban J connectivity index is 0.00000256. The van der Waals surface area contributed by atoms with Gasteiger partial charge in [0, 0.05) is 26.2 Å². The molecule has 0 bridgehead atoms. The molecule has 0 spiro atoms. The Bertz CT molecular complexity index is 299. The van der Waals surface area contributed by atoms with Crippen LogP contribution in [-0.2, 0) is 10.2 Å². The van der Waals surface area contributed by atoms with Crippen LogP contribution in [0.3, 0.4) is 0 Å². The molecule has 2 N–H and O–H groups in total. The zero-order valence-corrected chi connectivity index (χ0v) is 12.3. The molecule has 0 radical (unpaired) electrons. The summed E-state index contributed by atoms with van der Waals surface area (Å²) < 4.78 is 27.4. The average molecular weight is 286 g/mol. The Labute approximate surface area is 111 Å². The fraction of sp³-hybridized carbons (Fsp3) is 1.00. The van der Waals surface area contributed by atoms with E-state index in [0.717, 1.165) is 12.8 Å². The van der Waals surface area contributed by atoms with Crippen molar-refractivity contribution in [1.29, 1.82) is 0 Å². The summed E-state index contributed by atoms with van der Waals surface area (Å²) in [5.41, 5.74) is 5.59. The summed E-state index contributed by atoms with van der Waals surface area (Å²) in [5, 5.41) is 0.